The average molecular weight is 354 g/mol. The van der Waals surface area contributed by atoms with E-state index in [1.54, 1.807) is 18.3 Å². The molecule has 2 heterocycles. The third-order valence-electron chi connectivity index (χ3n) is 3.52. The summed E-state index contributed by atoms with van der Waals surface area (Å²) in [6.45, 7) is 2.40. The molecule has 2 aromatic heterocycles. The van der Waals surface area contributed by atoms with E-state index in [0.29, 0.717) is 28.8 Å². The Morgan fingerprint density at radius 1 is 1.12 bits per heavy atom. The topological polar surface area (TPSA) is 79.8 Å². The lowest BCUT2D eigenvalue weighted by Gasteiger charge is -2.09. The van der Waals surface area contributed by atoms with Crippen molar-refractivity contribution in [2.45, 2.75) is 13.5 Å². The van der Waals surface area contributed by atoms with Crippen molar-refractivity contribution in [1.29, 1.82) is 0 Å². The van der Waals surface area contributed by atoms with Crippen LogP contribution in [-0.4, -0.2) is 20.9 Å². The van der Waals surface area contributed by atoms with E-state index in [-0.39, 0.29) is 5.91 Å². The molecule has 25 heavy (non-hydrogen) atoms. The fourth-order valence-corrected chi connectivity index (χ4v) is 2.30. The van der Waals surface area contributed by atoms with Gasteiger partial charge in [-0.25, -0.2) is 9.97 Å². The second kappa shape index (κ2) is 7.72. The highest BCUT2D eigenvalue weighted by Gasteiger charge is 2.09. The molecule has 1 amide bonds. The van der Waals surface area contributed by atoms with Crippen LogP contribution in [0.5, 0.6) is 0 Å². The number of pyridine rings is 1. The van der Waals surface area contributed by atoms with Crippen LogP contribution in [0.1, 0.15) is 21.6 Å². The van der Waals surface area contributed by atoms with Crippen molar-refractivity contribution in [3.63, 3.8) is 0 Å². The minimum absolute atomic E-state index is 0.290. The van der Waals surface area contributed by atoms with Crippen molar-refractivity contribution in [1.82, 2.24) is 15.0 Å². The highest BCUT2D eigenvalue weighted by Crippen LogP contribution is 2.20. The first-order chi connectivity index (χ1) is 12.1. The van der Waals surface area contributed by atoms with Crippen LogP contribution in [0.2, 0.25) is 5.02 Å². The van der Waals surface area contributed by atoms with Gasteiger partial charge in [-0.2, -0.15) is 0 Å². The molecule has 0 saturated heterocycles. The van der Waals surface area contributed by atoms with Crippen LogP contribution in [0.25, 0.3) is 0 Å². The normalized spacial score (nSPS) is 10.3. The molecular weight excluding hydrogens is 338 g/mol. The summed E-state index contributed by atoms with van der Waals surface area (Å²) in [4.78, 5) is 24.8. The molecule has 126 valence electrons. The number of hydrogen-bond donors (Lipinski definition) is 2. The molecule has 0 spiro atoms. The summed E-state index contributed by atoms with van der Waals surface area (Å²) >= 11 is 5.96. The maximum Gasteiger partial charge on any atom is 0.258 e. The number of anilines is 2. The van der Waals surface area contributed by atoms with Crippen LogP contribution in [0.4, 0.5) is 11.6 Å². The fourth-order valence-electron chi connectivity index (χ4n) is 2.13. The maximum absolute atomic E-state index is 12.3. The minimum Gasteiger partial charge on any atom is -0.349 e. The van der Waals surface area contributed by atoms with E-state index in [0.717, 1.165) is 11.3 Å². The first-order valence-electron chi connectivity index (χ1n) is 7.65. The van der Waals surface area contributed by atoms with E-state index < -0.39 is 0 Å². The zero-order valence-electron chi connectivity index (χ0n) is 13.5. The van der Waals surface area contributed by atoms with Crippen LogP contribution in [0, 0.1) is 6.92 Å². The van der Waals surface area contributed by atoms with Gasteiger partial charge in [-0.15, -0.1) is 0 Å². The Balaban J connectivity index is 1.63. The molecule has 0 bridgehead atoms. The number of carbonyl (C=O) groups is 1. The van der Waals surface area contributed by atoms with Crippen molar-refractivity contribution < 1.29 is 4.79 Å². The predicted octanol–water partition coefficient (Wildman–Crippen LogP) is 3.70. The average Bonchev–Trinajstić information content (AvgIpc) is 2.64. The quantitative estimate of drug-likeness (QED) is 0.731. The number of hydrogen-bond acceptors (Lipinski definition) is 5. The molecule has 0 aliphatic carbocycles. The number of nitrogens with zero attached hydrogens (tertiary/aromatic N) is 3. The molecule has 0 radical (unpaired) electrons. The predicted molar refractivity (Wildman–Crippen MR) is 97.7 cm³/mol. The van der Waals surface area contributed by atoms with Crippen LogP contribution < -0.4 is 10.6 Å². The van der Waals surface area contributed by atoms with Crippen LogP contribution >= 0.6 is 11.6 Å². The first kappa shape index (κ1) is 16.9. The summed E-state index contributed by atoms with van der Waals surface area (Å²) in [7, 11) is 0. The summed E-state index contributed by atoms with van der Waals surface area (Å²) < 4.78 is 0. The highest BCUT2D eigenvalue weighted by atomic mass is 35.5. The Morgan fingerprint density at radius 2 is 1.92 bits per heavy atom. The Kier molecular flexibility index (Phi) is 5.20. The molecule has 0 aliphatic rings. The summed E-state index contributed by atoms with van der Waals surface area (Å²) in [5.74, 6) is 0.141. The molecule has 0 unspecified atom stereocenters. The van der Waals surface area contributed by atoms with E-state index >= 15 is 0 Å². The van der Waals surface area contributed by atoms with Gasteiger partial charge in [0.05, 0.1) is 17.8 Å². The largest absolute Gasteiger partial charge is 0.349 e. The molecule has 0 aliphatic heterocycles. The van der Waals surface area contributed by atoms with Gasteiger partial charge in [-0.3, -0.25) is 9.78 Å². The Morgan fingerprint density at radius 3 is 2.64 bits per heavy atom. The van der Waals surface area contributed by atoms with Crippen LogP contribution in [-0.2, 0) is 6.54 Å². The Hall–Kier alpha value is -2.99. The smallest absolute Gasteiger partial charge is 0.258 e. The molecule has 0 fully saturated rings. The van der Waals surface area contributed by atoms with Gasteiger partial charge in [0, 0.05) is 29.3 Å². The lowest BCUT2D eigenvalue weighted by atomic mass is 10.2. The van der Waals surface area contributed by atoms with Gasteiger partial charge in [0.2, 0.25) is 5.95 Å². The van der Waals surface area contributed by atoms with Crippen molar-refractivity contribution in [2.75, 3.05) is 10.6 Å². The third kappa shape index (κ3) is 4.51. The van der Waals surface area contributed by atoms with Gasteiger partial charge in [0.25, 0.3) is 5.91 Å². The molecule has 3 aromatic rings. The van der Waals surface area contributed by atoms with E-state index in [4.69, 9.17) is 11.6 Å². The van der Waals surface area contributed by atoms with E-state index in [9.17, 15) is 4.79 Å². The van der Waals surface area contributed by atoms with Gasteiger partial charge in [0.1, 0.15) is 0 Å². The lowest BCUT2D eigenvalue weighted by molar-refractivity contribution is 0.102. The monoisotopic (exact) mass is 353 g/mol. The molecule has 0 saturated carbocycles. The second-order valence-electron chi connectivity index (χ2n) is 5.38. The molecule has 3 rings (SSSR count). The number of aryl methyl sites for hydroxylation is 1. The van der Waals surface area contributed by atoms with Crippen molar-refractivity contribution in [3.8, 4) is 0 Å². The van der Waals surface area contributed by atoms with Gasteiger partial charge in [0.15, 0.2) is 0 Å². The van der Waals surface area contributed by atoms with E-state index in [2.05, 4.69) is 25.6 Å². The number of carbonyl (C=O) groups excluding carboxylic acids is 1. The maximum atomic E-state index is 12.3. The molecular formula is C18H16ClN5O. The summed E-state index contributed by atoms with van der Waals surface area (Å²) in [6.07, 6.45) is 4.68. The molecule has 2 N–H and O–H groups in total. The lowest BCUT2D eigenvalue weighted by Crippen LogP contribution is -2.14. The van der Waals surface area contributed by atoms with Crippen LogP contribution in [0.15, 0.2) is 55.0 Å². The second-order valence-corrected chi connectivity index (χ2v) is 5.82. The summed E-state index contributed by atoms with van der Waals surface area (Å²) in [5, 5.41) is 6.43. The SMILES string of the molecule is Cc1ccc(Cl)cc1NC(=O)c1cnc(NCc2ccccn2)nc1. The molecule has 6 nitrogen and oxygen atoms in total. The minimum atomic E-state index is -0.290. The number of aromatic nitrogens is 3. The Bertz CT molecular complexity index is 868. The third-order valence-corrected chi connectivity index (χ3v) is 3.75. The molecule has 0 atom stereocenters. The summed E-state index contributed by atoms with van der Waals surface area (Å²) in [5.41, 5.74) is 2.83. The standard InChI is InChI=1S/C18H16ClN5O/c1-12-5-6-14(19)8-16(12)24-17(25)13-9-21-18(22-10-13)23-11-15-4-2-3-7-20-15/h2-10H,11H2,1H3,(H,24,25)(H,21,22,23). The van der Waals surface area contributed by atoms with Crippen molar-refractivity contribution >= 4 is 29.1 Å². The van der Waals surface area contributed by atoms with Crippen molar-refractivity contribution in [2.24, 2.45) is 0 Å². The Labute approximate surface area is 150 Å². The first-order valence-corrected chi connectivity index (χ1v) is 8.03. The number of nitrogens with one attached hydrogen (secondary N) is 2. The fraction of sp³-hybridized carbons (Fsp3) is 0.111. The highest BCUT2D eigenvalue weighted by molar-refractivity contribution is 6.31. The van der Waals surface area contributed by atoms with Gasteiger partial charge >= 0.3 is 0 Å². The summed E-state index contributed by atoms with van der Waals surface area (Å²) in [6, 6.07) is 11.0. The van der Waals surface area contributed by atoms with Gasteiger partial charge in [-0.1, -0.05) is 23.7 Å². The number of benzene rings is 1. The molecule has 1 aromatic carbocycles. The zero-order chi connectivity index (χ0) is 17.6. The number of halogens is 1. The molecule has 7 heteroatoms. The van der Waals surface area contributed by atoms with Gasteiger partial charge < -0.3 is 10.6 Å². The van der Waals surface area contributed by atoms with Crippen molar-refractivity contribution in [3.05, 3.63) is 76.8 Å². The van der Waals surface area contributed by atoms with Gasteiger partial charge in [-0.05, 0) is 36.8 Å². The van der Waals surface area contributed by atoms with Crippen LogP contribution in [0.3, 0.4) is 0 Å². The van der Waals surface area contributed by atoms with E-state index in [1.807, 2.05) is 31.2 Å². The zero-order valence-corrected chi connectivity index (χ0v) is 14.3. The number of amides is 1. The van der Waals surface area contributed by atoms with E-state index in [1.165, 1.54) is 12.4 Å². The number of rotatable bonds is 5.